The molecule has 1 atom stereocenters. The van der Waals surface area contributed by atoms with Gasteiger partial charge in [-0.15, -0.1) is 0 Å². The lowest BCUT2D eigenvalue weighted by atomic mass is 10.2. The van der Waals surface area contributed by atoms with Gasteiger partial charge in [-0.1, -0.05) is 25.1 Å². The van der Waals surface area contributed by atoms with E-state index >= 15 is 0 Å². The third-order valence-corrected chi connectivity index (χ3v) is 5.40. The van der Waals surface area contributed by atoms with Gasteiger partial charge in [0.15, 0.2) is 0 Å². The zero-order valence-electron chi connectivity index (χ0n) is 11.6. The molecule has 1 N–H and O–H groups in total. The van der Waals surface area contributed by atoms with E-state index in [-0.39, 0.29) is 17.5 Å². The zero-order valence-corrected chi connectivity index (χ0v) is 12.4. The number of hydrogen-bond donors (Lipinski definition) is 1. The van der Waals surface area contributed by atoms with Gasteiger partial charge < -0.3 is 9.73 Å². The molecule has 1 aromatic carbocycles. The molecule has 1 aliphatic heterocycles. The Labute approximate surface area is 122 Å². The number of sulfonamides is 1. The second kappa shape index (κ2) is 5.16. The lowest BCUT2D eigenvalue weighted by Gasteiger charge is -2.32. The normalized spacial score (nSPS) is 20.6. The van der Waals surface area contributed by atoms with Crippen LogP contribution in [0.1, 0.15) is 13.3 Å². The molecular weight excluding hydrogens is 292 g/mol. The van der Waals surface area contributed by atoms with Gasteiger partial charge in [0.05, 0.1) is 0 Å². The molecule has 0 aliphatic carbocycles. The maximum atomic E-state index is 12.7. The van der Waals surface area contributed by atoms with Crippen LogP contribution in [0.25, 0.3) is 11.0 Å². The van der Waals surface area contributed by atoms with Crippen molar-refractivity contribution in [1.29, 1.82) is 0 Å². The Bertz CT molecular complexity index is 748. The summed E-state index contributed by atoms with van der Waals surface area (Å²) >= 11 is 0. The van der Waals surface area contributed by atoms with E-state index in [1.807, 2.05) is 6.07 Å². The fourth-order valence-electron chi connectivity index (χ4n) is 2.57. The number of benzene rings is 1. The molecule has 1 saturated heterocycles. The van der Waals surface area contributed by atoms with E-state index in [1.165, 1.54) is 10.4 Å². The summed E-state index contributed by atoms with van der Waals surface area (Å²) in [6, 6.07) is 7.93. The second-order valence-corrected chi connectivity index (χ2v) is 6.76. The van der Waals surface area contributed by atoms with Gasteiger partial charge in [0.2, 0.25) is 11.0 Å². The van der Waals surface area contributed by atoms with Crippen LogP contribution in [0.3, 0.4) is 0 Å². The van der Waals surface area contributed by atoms with Gasteiger partial charge in [0.25, 0.3) is 10.0 Å². The average Bonchev–Trinajstić information content (AvgIpc) is 2.91. The molecule has 7 heteroatoms. The van der Waals surface area contributed by atoms with Crippen molar-refractivity contribution in [3.63, 3.8) is 0 Å². The molecule has 2 aromatic rings. The van der Waals surface area contributed by atoms with Crippen molar-refractivity contribution in [2.24, 2.45) is 0 Å². The Morgan fingerprint density at radius 2 is 2.14 bits per heavy atom. The predicted octanol–water partition coefficient (Wildman–Crippen LogP) is 1.33. The molecule has 112 valence electrons. The van der Waals surface area contributed by atoms with Crippen LogP contribution in [0, 0.1) is 0 Å². The zero-order chi connectivity index (χ0) is 15.0. The molecule has 1 fully saturated rings. The first-order valence-corrected chi connectivity index (χ1v) is 8.26. The number of piperazine rings is 1. The number of nitrogens with zero attached hydrogens (tertiary/aromatic N) is 1. The summed E-state index contributed by atoms with van der Waals surface area (Å²) in [5.41, 5.74) is 0.519. The number of nitrogens with one attached hydrogen (secondary N) is 1. The highest BCUT2D eigenvalue weighted by Gasteiger charge is 2.38. The van der Waals surface area contributed by atoms with Gasteiger partial charge in [0.1, 0.15) is 11.6 Å². The van der Waals surface area contributed by atoms with Crippen LogP contribution in [0.15, 0.2) is 39.8 Å². The minimum absolute atomic E-state index is 0.114. The molecule has 0 unspecified atom stereocenters. The number of para-hydroxylation sites is 1. The summed E-state index contributed by atoms with van der Waals surface area (Å²) in [5.74, 6) is -0.261. The molecule has 0 bridgehead atoms. The quantitative estimate of drug-likeness (QED) is 0.927. The Morgan fingerprint density at radius 1 is 1.38 bits per heavy atom. The van der Waals surface area contributed by atoms with Crippen molar-refractivity contribution < 1.29 is 17.6 Å². The first-order valence-electron chi connectivity index (χ1n) is 6.82. The molecule has 6 nitrogen and oxygen atoms in total. The fourth-order valence-corrected chi connectivity index (χ4v) is 4.18. The average molecular weight is 308 g/mol. The van der Waals surface area contributed by atoms with Crippen molar-refractivity contribution in [3.05, 3.63) is 30.3 Å². The van der Waals surface area contributed by atoms with Gasteiger partial charge in [-0.3, -0.25) is 4.79 Å². The highest BCUT2D eigenvalue weighted by Crippen LogP contribution is 2.27. The van der Waals surface area contributed by atoms with Crippen LogP contribution >= 0.6 is 0 Å². The Balaban J connectivity index is 2.04. The molecule has 0 spiro atoms. The summed E-state index contributed by atoms with van der Waals surface area (Å²) in [6.07, 6.45) is 0.422. The highest BCUT2D eigenvalue weighted by molar-refractivity contribution is 7.89. The lowest BCUT2D eigenvalue weighted by molar-refractivity contribution is -0.126. The lowest BCUT2D eigenvalue weighted by Crippen LogP contribution is -2.56. The number of fused-ring (bicyclic) bond motifs is 1. The Morgan fingerprint density at radius 3 is 2.86 bits per heavy atom. The van der Waals surface area contributed by atoms with Crippen molar-refractivity contribution in [2.75, 3.05) is 13.1 Å². The first kappa shape index (κ1) is 14.1. The molecule has 1 amide bonds. The Hall–Kier alpha value is -1.86. The van der Waals surface area contributed by atoms with E-state index in [1.54, 1.807) is 25.1 Å². The predicted molar refractivity (Wildman–Crippen MR) is 77.2 cm³/mol. The molecule has 0 radical (unpaired) electrons. The van der Waals surface area contributed by atoms with Gasteiger partial charge in [-0.2, -0.15) is 4.31 Å². The summed E-state index contributed by atoms with van der Waals surface area (Å²) in [4.78, 5) is 11.8. The van der Waals surface area contributed by atoms with Gasteiger partial charge in [-0.25, -0.2) is 8.42 Å². The fraction of sp³-hybridized carbons (Fsp3) is 0.357. The van der Waals surface area contributed by atoms with Crippen LogP contribution in [-0.2, 0) is 14.8 Å². The van der Waals surface area contributed by atoms with Crippen molar-refractivity contribution in [3.8, 4) is 0 Å². The first-order chi connectivity index (χ1) is 10.0. The number of rotatable bonds is 3. The molecule has 1 aliphatic rings. The molecule has 2 heterocycles. The van der Waals surface area contributed by atoms with E-state index in [2.05, 4.69) is 5.32 Å². The van der Waals surface area contributed by atoms with Crippen LogP contribution in [0.4, 0.5) is 0 Å². The van der Waals surface area contributed by atoms with Gasteiger partial charge in [-0.05, 0) is 12.5 Å². The molecule has 1 aromatic heterocycles. The van der Waals surface area contributed by atoms with Crippen LogP contribution in [0.2, 0.25) is 0 Å². The molecule has 0 saturated carbocycles. The maximum Gasteiger partial charge on any atom is 0.277 e. The summed E-state index contributed by atoms with van der Waals surface area (Å²) < 4.78 is 32.1. The van der Waals surface area contributed by atoms with E-state index in [4.69, 9.17) is 4.42 Å². The van der Waals surface area contributed by atoms with Crippen LogP contribution < -0.4 is 5.32 Å². The van der Waals surface area contributed by atoms with E-state index in [0.717, 1.165) is 5.39 Å². The van der Waals surface area contributed by atoms with Gasteiger partial charge >= 0.3 is 0 Å². The van der Waals surface area contributed by atoms with E-state index < -0.39 is 16.1 Å². The number of hydrogen-bond acceptors (Lipinski definition) is 4. The monoisotopic (exact) mass is 308 g/mol. The summed E-state index contributed by atoms with van der Waals surface area (Å²) in [7, 11) is -3.81. The van der Waals surface area contributed by atoms with Crippen molar-refractivity contribution in [1.82, 2.24) is 9.62 Å². The molecule has 21 heavy (non-hydrogen) atoms. The minimum Gasteiger partial charge on any atom is -0.443 e. The third kappa shape index (κ3) is 2.32. The number of furan rings is 1. The number of amides is 1. The minimum atomic E-state index is -3.81. The van der Waals surface area contributed by atoms with Crippen molar-refractivity contribution in [2.45, 2.75) is 24.5 Å². The van der Waals surface area contributed by atoms with Crippen LogP contribution in [-0.4, -0.2) is 37.8 Å². The number of carbonyl (C=O) groups excluding carboxylic acids is 1. The van der Waals surface area contributed by atoms with E-state index in [9.17, 15) is 13.2 Å². The maximum absolute atomic E-state index is 12.7. The van der Waals surface area contributed by atoms with Gasteiger partial charge in [0, 0.05) is 24.5 Å². The Kier molecular flexibility index (Phi) is 3.46. The topological polar surface area (TPSA) is 79.6 Å². The van der Waals surface area contributed by atoms with Crippen LogP contribution in [0.5, 0.6) is 0 Å². The molecular formula is C14H16N2O4S. The summed E-state index contributed by atoms with van der Waals surface area (Å²) in [6.45, 7) is 2.36. The largest absolute Gasteiger partial charge is 0.443 e. The number of carbonyl (C=O) groups is 1. The summed E-state index contributed by atoms with van der Waals surface area (Å²) in [5, 5.41) is 3.30. The third-order valence-electron chi connectivity index (χ3n) is 3.63. The smallest absolute Gasteiger partial charge is 0.277 e. The second-order valence-electron chi connectivity index (χ2n) is 4.93. The molecule has 3 rings (SSSR count). The highest BCUT2D eigenvalue weighted by atomic mass is 32.2. The van der Waals surface area contributed by atoms with Crippen molar-refractivity contribution >= 4 is 26.9 Å². The standard InChI is InChI=1S/C14H16N2O4S/c1-2-11-14(17)15-7-8-16(11)21(18,19)13-9-10-5-3-4-6-12(10)20-13/h3-6,9,11H,2,7-8H2,1H3,(H,15,17)/t11-/m0/s1. The SMILES string of the molecule is CC[C@H]1C(=O)NCCN1S(=O)(=O)c1cc2ccccc2o1. The van der Waals surface area contributed by atoms with E-state index in [0.29, 0.717) is 18.5 Å².